The molecule has 6 nitrogen and oxygen atoms in total. The summed E-state index contributed by atoms with van der Waals surface area (Å²) in [4.78, 5) is 15.4. The maximum absolute atomic E-state index is 12.1. The maximum Gasteiger partial charge on any atom is 0.253 e. The lowest BCUT2D eigenvalue weighted by atomic mass is 9.86. The highest BCUT2D eigenvalue weighted by Gasteiger charge is 2.42. The average molecular weight is 269 g/mol. The van der Waals surface area contributed by atoms with Crippen molar-refractivity contribution >= 4 is 21.6 Å². The summed E-state index contributed by atoms with van der Waals surface area (Å²) in [7, 11) is -2.04. The highest BCUT2D eigenvalue weighted by molar-refractivity contribution is 7.89. The number of carbonyl (C=O) groups is 1. The number of rotatable bonds is 2. The van der Waals surface area contributed by atoms with Crippen molar-refractivity contribution in [2.24, 2.45) is 5.84 Å². The predicted molar refractivity (Wildman–Crippen MR) is 67.4 cm³/mol. The molecule has 0 aromatic heterocycles. The molecular weight excluding hydrogens is 254 g/mol. The summed E-state index contributed by atoms with van der Waals surface area (Å²) in [5, 5.41) is 0. The zero-order valence-corrected chi connectivity index (χ0v) is 11.2. The van der Waals surface area contributed by atoms with Crippen LogP contribution in [0.3, 0.4) is 0 Å². The number of nitrogens with two attached hydrogens (primary N) is 1. The van der Waals surface area contributed by atoms with Crippen LogP contribution in [-0.4, -0.2) is 21.4 Å². The summed E-state index contributed by atoms with van der Waals surface area (Å²) < 4.78 is 23.3. The minimum Gasteiger partial charge on any atom is -0.314 e. The van der Waals surface area contributed by atoms with E-state index in [-0.39, 0.29) is 10.8 Å². The Kier molecular flexibility index (Phi) is 2.73. The fourth-order valence-electron chi connectivity index (χ4n) is 2.19. The van der Waals surface area contributed by atoms with Gasteiger partial charge in [-0.25, -0.2) is 8.42 Å². The molecule has 1 aliphatic heterocycles. The van der Waals surface area contributed by atoms with Gasteiger partial charge in [0.25, 0.3) is 10.0 Å². The molecule has 1 aliphatic rings. The van der Waals surface area contributed by atoms with Crippen LogP contribution in [0.5, 0.6) is 0 Å². The van der Waals surface area contributed by atoms with Gasteiger partial charge in [0.05, 0.1) is 10.3 Å². The fourth-order valence-corrected chi connectivity index (χ4v) is 2.84. The largest absolute Gasteiger partial charge is 0.314 e. The minimum atomic E-state index is -3.71. The van der Waals surface area contributed by atoms with Gasteiger partial charge >= 0.3 is 0 Å². The molecule has 1 heterocycles. The van der Waals surface area contributed by atoms with E-state index in [1.54, 1.807) is 31.8 Å². The van der Waals surface area contributed by atoms with Gasteiger partial charge in [-0.2, -0.15) is 4.83 Å². The van der Waals surface area contributed by atoms with Gasteiger partial charge in [-0.05, 0) is 37.6 Å². The van der Waals surface area contributed by atoms with Crippen molar-refractivity contribution in [1.82, 2.24) is 4.83 Å². The van der Waals surface area contributed by atoms with Crippen LogP contribution in [0, 0.1) is 0 Å². The molecule has 0 bridgehead atoms. The molecule has 2 rings (SSSR count). The molecule has 1 aromatic carbocycles. The van der Waals surface area contributed by atoms with Gasteiger partial charge in [0.2, 0.25) is 5.91 Å². The second kappa shape index (κ2) is 3.78. The molecule has 7 heteroatoms. The van der Waals surface area contributed by atoms with Gasteiger partial charge in [0.1, 0.15) is 0 Å². The number of carbonyl (C=O) groups excluding carboxylic acids is 1. The van der Waals surface area contributed by atoms with E-state index in [1.165, 1.54) is 17.0 Å². The summed E-state index contributed by atoms with van der Waals surface area (Å²) in [5.74, 6) is 4.93. The van der Waals surface area contributed by atoms with Crippen molar-refractivity contribution in [3.05, 3.63) is 23.8 Å². The predicted octanol–water partition coefficient (Wildman–Crippen LogP) is 0.0926. The lowest BCUT2D eigenvalue weighted by Gasteiger charge is -2.16. The zero-order chi connectivity index (χ0) is 13.7. The van der Waals surface area contributed by atoms with Crippen LogP contribution in [0.2, 0.25) is 0 Å². The summed E-state index contributed by atoms with van der Waals surface area (Å²) >= 11 is 0. The Bertz CT molecular complexity index is 622. The van der Waals surface area contributed by atoms with E-state index < -0.39 is 15.4 Å². The van der Waals surface area contributed by atoms with Crippen LogP contribution in [0.4, 0.5) is 5.69 Å². The van der Waals surface area contributed by atoms with Crippen LogP contribution in [-0.2, 0) is 20.2 Å². The van der Waals surface area contributed by atoms with Crippen LogP contribution >= 0.6 is 0 Å². The van der Waals surface area contributed by atoms with Crippen LogP contribution in [0.1, 0.15) is 19.4 Å². The van der Waals surface area contributed by atoms with E-state index in [2.05, 4.69) is 0 Å². The fraction of sp³-hybridized carbons (Fsp3) is 0.364. The van der Waals surface area contributed by atoms with E-state index in [4.69, 9.17) is 5.84 Å². The van der Waals surface area contributed by atoms with Crippen molar-refractivity contribution in [2.75, 3.05) is 11.9 Å². The first-order valence-corrected chi connectivity index (χ1v) is 6.85. The molecule has 98 valence electrons. The lowest BCUT2D eigenvalue weighted by Crippen LogP contribution is -2.33. The van der Waals surface area contributed by atoms with E-state index >= 15 is 0 Å². The first kappa shape index (κ1) is 13.0. The normalized spacial score (nSPS) is 18.0. The second-order valence-corrected chi connectivity index (χ2v) is 6.50. The summed E-state index contributed by atoms with van der Waals surface area (Å²) in [6.45, 7) is 3.54. The monoisotopic (exact) mass is 269 g/mol. The number of hydrogen-bond donors (Lipinski definition) is 2. The molecule has 1 amide bonds. The standard InChI is InChI=1S/C11H15N3O3S/c1-11(2)8-6-7(18(16,17)13-12)4-5-9(8)14(3)10(11)15/h4-6,13H,12H2,1-3H3. The Labute approximate surface area is 106 Å². The van der Waals surface area contributed by atoms with Crippen LogP contribution in [0.25, 0.3) is 0 Å². The number of anilines is 1. The maximum atomic E-state index is 12.1. The van der Waals surface area contributed by atoms with E-state index in [1.807, 2.05) is 0 Å². The molecule has 3 N–H and O–H groups in total. The highest BCUT2D eigenvalue weighted by Crippen LogP contribution is 2.41. The summed E-state index contributed by atoms with van der Waals surface area (Å²) in [6, 6.07) is 4.54. The molecule has 0 fully saturated rings. The molecule has 0 aliphatic carbocycles. The molecule has 0 atom stereocenters. The molecule has 0 saturated heterocycles. The molecule has 0 spiro atoms. The topological polar surface area (TPSA) is 92.5 Å². The summed E-state index contributed by atoms with van der Waals surface area (Å²) in [5.41, 5.74) is 0.678. The van der Waals surface area contributed by atoms with Gasteiger partial charge in [-0.3, -0.25) is 10.6 Å². The molecule has 18 heavy (non-hydrogen) atoms. The molecule has 1 aromatic rings. The second-order valence-electron chi connectivity index (χ2n) is 4.79. The molecule has 0 radical (unpaired) electrons. The third-order valence-corrected chi connectivity index (χ3v) is 4.49. The van der Waals surface area contributed by atoms with Gasteiger partial charge in [0, 0.05) is 12.7 Å². The highest BCUT2D eigenvalue weighted by atomic mass is 32.2. The number of sulfonamides is 1. The Hall–Kier alpha value is -1.44. The van der Waals surface area contributed by atoms with Crippen molar-refractivity contribution in [3.8, 4) is 0 Å². The Morgan fingerprint density at radius 3 is 2.50 bits per heavy atom. The number of hydrogen-bond acceptors (Lipinski definition) is 4. The smallest absolute Gasteiger partial charge is 0.253 e. The molecular formula is C11H15N3O3S. The minimum absolute atomic E-state index is 0.0555. The van der Waals surface area contributed by atoms with E-state index in [0.717, 1.165) is 5.69 Å². The van der Waals surface area contributed by atoms with Gasteiger partial charge in [0.15, 0.2) is 0 Å². The Balaban J connectivity index is 2.66. The third kappa shape index (κ3) is 1.63. The SMILES string of the molecule is CN1C(=O)C(C)(C)c2cc(S(=O)(=O)NN)ccc21. The number of nitrogens with one attached hydrogen (secondary N) is 1. The number of benzene rings is 1. The first-order valence-electron chi connectivity index (χ1n) is 5.37. The molecule has 0 saturated carbocycles. The van der Waals surface area contributed by atoms with Crippen molar-refractivity contribution in [2.45, 2.75) is 24.2 Å². The van der Waals surface area contributed by atoms with E-state index in [9.17, 15) is 13.2 Å². The number of amides is 1. The van der Waals surface area contributed by atoms with Gasteiger partial charge in [-0.1, -0.05) is 0 Å². The number of fused-ring (bicyclic) bond motifs is 1. The number of nitrogens with zero attached hydrogens (tertiary/aromatic N) is 1. The summed E-state index contributed by atoms with van der Waals surface area (Å²) in [6.07, 6.45) is 0. The first-order chi connectivity index (χ1) is 8.21. The van der Waals surface area contributed by atoms with Crippen molar-refractivity contribution in [3.63, 3.8) is 0 Å². The van der Waals surface area contributed by atoms with Crippen LogP contribution < -0.4 is 15.6 Å². The Morgan fingerprint density at radius 1 is 1.33 bits per heavy atom. The van der Waals surface area contributed by atoms with Crippen molar-refractivity contribution < 1.29 is 13.2 Å². The average Bonchev–Trinajstić information content (AvgIpc) is 2.51. The van der Waals surface area contributed by atoms with Crippen LogP contribution in [0.15, 0.2) is 23.1 Å². The third-order valence-electron chi connectivity index (χ3n) is 3.31. The lowest BCUT2D eigenvalue weighted by molar-refractivity contribution is -0.121. The number of hydrazine groups is 1. The van der Waals surface area contributed by atoms with Crippen molar-refractivity contribution in [1.29, 1.82) is 0 Å². The Morgan fingerprint density at radius 2 is 1.94 bits per heavy atom. The zero-order valence-electron chi connectivity index (χ0n) is 10.4. The van der Waals surface area contributed by atoms with Gasteiger partial charge in [-0.15, -0.1) is 0 Å². The molecule has 0 unspecified atom stereocenters. The van der Waals surface area contributed by atoms with Gasteiger partial charge < -0.3 is 4.90 Å². The quantitative estimate of drug-likeness (QED) is 0.588. The van der Waals surface area contributed by atoms with E-state index in [0.29, 0.717) is 5.56 Å². The number of likely N-dealkylation sites (N-methyl/N-ethyl adjacent to an activating group) is 1.